The summed E-state index contributed by atoms with van der Waals surface area (Å²) < 4.78 is 1.33. The molecular weight excluding hydrogens is 238 g/mol. The maximum Gasteiger partial charge on any atom is 0.346 e. The van der Waals surface area contributed by atoms with Crippen molar-refractivity contribution < 1.29 is 4.79 Å². The van der Waals surface area contributed by atoms with Gasteiger partial charge in [0.1, 0.15) is 0 Å². The monoisotopic (exact) mass is 249 g/mol. The van der Waals surface area contributed by atoms with Crippen molar-refractivity contribution in [2.75, 3.05) is 5.32 Å². The van der Waals surface area contributed by atoms with Crippen LogP contribution in [0.15, 0.2) is 30.3 Å². The van der Waals surface area contributed by atoms with Crippen molar-refractivity contribution in [1.82, 2.24) is 9.78 Å². The average Bonchev–Trinajstić information content (AvgIpc) is 2.58. The molecule has 17 heavy (non-hydrogen) atoms. The molecule has 1 N–H and O–H groups in total. The van der Waals surface area contributed by atoms with E-state index in [9.17, 15) is 4.79 Å². The van der Waals surface area contributed by atoms with E-state index in [1.54, 1.807) is 24.3 Å². The Bertz CT molecular complexity index is 563. The smallest absolute Gasteiger partial charge is 0.306 e. The number of amides is 1. The number of hydrogen-bond acceptors (Lipinski definition) is 2. The largest absolute Gasteiger partial charge is 0.346 e. The highest BCUT2D eigenvalue weighted by molar-refractivity contribution is 6.30. The summed E-state index contributed by atoms with van der Waals surface area (Å²) in [6.07, 6.45) is 0. The number of nitrogens with zero attached hydrogens (tertiary/aromatic N) is 2. The second-order valence-electron chi connectivity index (χ2n) is 3.78. The van der Waals surface area contributed by atoms with Crippen LogP contribution >= 0.6 is 11.6 Å². The van der Waals surface area contributed by atoms with Gasteiger partial charge in [0.25, 0.3) is 0 Å². The Labute approximate surface area is 104 Å². The molecule has 5 heteroatoms. The van der Waals surface area contributed by atoms with Crippen molar-refractivity contribution >= 4 is 23.3 Å². The van der Waals surface area contributed by atoms with Gasteiger partial charge in [0.15, 0.2) is 0 Å². The van der Waals surface area contributed by atoms with Gasteiger partial charge in [-0.1, -0.05) is 17.7 Å². The highest BCUT2D eigenvalue weighted by atomic mass is 35.5. The second-order valence-corrected chi connectivity index (χ2v) is 4.22. The summed E-state index contributed by atoms with van der Waals surface area (Å²) in [5, 5.41) is 7.41. The van der Waals surface area contributed by atoms with Gasteiger partial charge in [-0.05, 0) is 38.1 Å². The first-order valence-electron chi connectivity index (χ1n) is 5.16. The number of benzene rings is 1. The lowest BCUT2D eigenvalue weighted by Gasteiger charge is -2.06. The fraction of sp³-hybridized carbons (Fsp3) is 0.167. The van der Waals surface area contributed by atoms with E-state index < -0.39 is 0 Å². The van der Waals surface area contributed by atoms with E-state index in [4.69, 9.17) is 11.6 Å². The summed E-state index contributed by atoms with van der Waals surface area (Å²) in [6.45, 7) is 3.67. The molecule has 0 saturated carbocycles. The fourth-order valence-corrected chi connectivity index (χ4v) is 1.77. The summed E-state index contributed by atoms with van der Waals surface area (Å²) >= 11 is 5.84. The van der Waals surface area contributed by atoms with Crippen LogP contribution in [0.1, 0.15) is 11.4 Å². The molecule has 0 aliphatic carbocycles. The highest BCUT2D eigenvalue weighted by Gasteiger charge is 2.09. The molecule has 1 amide bonds. The number of hydrogen-bond donors (Lipinski definition) is 1. The first kappa shape index (κ1) is 11.7. The number of aryl methyl sites for hydroxylation is 2. The quantitative estimate of drug-likeness (QED) is 0.843. The lowest BCUT2D eigenvalue weighted by molar-refractivity contribution is 0.250. The third-order valence-electron chi connectivity index (χ3n) is 2.28. The predicted molar refractivity (Wildman–Crippen MR) is 67.6 cm³/mol. The van der Waals surface area contributed by atoms with Gasteiger partial charge in [-0.25, -0.2) is 4.79 Å². The maximum absolute atomic E-state index is 11.9. The van der Waals surface area contributed by atoms with E-state index in [0.717, 1.165) is 11.4 Å². The number of anilines is 1. The molecule has 1 heterocycles. The molecule has 0 aliphatic rings. The molecule has 1 aromatic heterocycles. The molecular formula is C12H12ClN3O. The lowest BCUT2D eigenvalue weighted by atomic mass is 10.3. The van der Waals surface area contributed by atoms with Crippen molar-refractivity contribution in [2.24, 2.45) is 0 Å². The Hall–Kier alpha value is -1.81. The molecule has 0 unspecified atom stereocenters. The van der Waals surface area contributed by atoms with Gasteiger partial charge in [-0.15, -0.1) is 0 Å². The number of aromatic nitrogens is 2. The summed E-state index contributed by atoms with van der Waals surface area (Å²) in [4.78, 5) is 11.9. The SMILES string of the molecule is Cc1cc(C)n(C(=O)Nc2cccc(Cl)c2)n1. The van der Waals surface area contributed by atoms with Crippen LogP contribution in [-0.4, -0.2) is 15.8 Å². The van der Waals surface area contributed by atoms with E-state index >= 15 is 0 Å². The molecule has 2 aromatic rings. The van der Waals surface area contributed by atoms with E-state index in [1.165, 1.54) is 4.68 Å². The van der Waals surface area contributed by atoms with Gasteiger partial charge in [0.05, 0.1) is 5.69 Å². The van der Waals surface area contributed by atoms with Gasteiger partial charge < -0.3 is 5.32 Å². The minimum absolute atomic E-state index is 0.294. The topological polar surface area (TPSA) is 46.9 Å². The third kappa shape index (κ3) is 2.65. The van der Waals surface area contributed by atoms with E-state index in [2.05, 4.69) is 10.4 Å². The summed E-state index contributed by atoms with van der Waals surface area (Å²) in [6, 6.07) is 8.54. The minimum atomic E-state index is -0.294. The standard InChI is InChI=1S/C12H12ClN3O/c1-8-6-9(2)16(15-8)12(17)14-11-5-3-4-10(13)7-11/h3-7H,1-2H3,(H,14,17). The molecule has 0 spiro atoms. The zero-order valence-corrected chi connectivity index (χ0v) is 10.3. The van der Waals surface area contributed by atoms with Crippen LogP contribution in [0.25, 0.3) is 0 Å². The fourth-order valence-electron chi connectivity index (χ4n) is 1.58. The summed E-state index contributed by atoms with van der Waals surface area (Å²) in [7, 11) is 0. The first-order chi connectivity index (χ1) is 8.06. The average molecular weight is 250 g/mol. The van der Waals surface area contributed by atoms with E-state index in [1.807, 2.05) is 19.9 Å². The molecule has 1 aromatic carbocycles. The maximum atomic E-state index is 11.9. The number of carbonyl (C=O) groups excluding carboxylic acids is 1. The van der Waals surface area contributed by atoms with Gasteiger partial charge in [-0.2, -0.15) is 9.78 Å². The zero-order valence-electron chi connectivity index (χ0n) is 9.57. The Morgan fingerprint density at radius 2 is 2.12 bits per heavy atom. The van der Waals surface area contributed by atoms with Crippen LogP contribution in [-0.2, 0) is 0 Å². The van der Waals surface area contributed by atoms with Crippen LogP contribution in [0.4, 0.5) is 10.5 Å². The Kier molecular flexibility index (Phi) is 3.15. The molecule has 0 radical (unpaired) electrons. The van der Waals surface area contributed by atoms with Crippen LogP contribution in [0.3, 0.4) is 0 Å². The van der Waals surface area contributed by atoms with Crippen molar-refractivity contribution in [2.45, 2.75) is 13.8 Å². The normalized spacial score (nSPS) is 10.3. The molecule has 2 rings (SSSR count). The number of carbonyl (C=O) groups is 1. The van der Waals surface area contributed by atoms with Gasteiger partial charge in [0.2, 0.25) is 0 Å². The van der Waals surface area contributed by atoms with Crippen LogP contribution < -0.4 is 5.32 Å². The van der Waals surface area contributed by atoms with Crippen molar-refractivity contribution in [3.63, 3.8) is 0 Å². The molecule has 0 atom stereocenters. The Morgan fingerprint density at radius 1 is 1.35 bits per heavy atom. The third-order valence-corrected chi connectivity index (χ3v) is 2.51. The van der Waals surface area contributed by atoms with Crippen LogP contribution in [0, 0.1) is 13.8 Å². The zero-order chi connectivity index (χ0) is 12.4. The lowest BCUT2D eigenvalue weighted by Crippen LogP contribution is -2.21. The van der Waals surface area contributed by atoms with Gasteiger partial charge in [-0.3, -0.25) is 0 Å². The predicted octanol–water partition coefficient (Wildman–Crippen LogP) is 3.23. The number of halogens is 1. The molecule has 0 bridgehead atoms. The molecule has 0 fully saturated rings. The number of nitrogens with one attached hydrogen (secondary N) is 1. The summed E-state index contributed by atoms with van der Waals surface area (Å²) in [5.74, 6) is 0. The second kappa shape index (κ2) is 4.59. The first-order valence-corrected chi connectivity index (χ1v) is 5.54. The van der Waals surface area contributed by atoms with Crippen LogP contribution in [0.5, 0.6) is 0 Å². The van der Waals surface area contributed by atoms with E-state index in [0.29, 0.717) is 10.7 Å². The number of rotatable bonds is 1. The van der Waals surface area contributed by atoms with Crippen molar-refractivity contribution in [3.8, 4) is 0 Å². The Balaban J connectivity index is 2.20. The van der Waals surface area contributed by atoms with Crippen molar-refractivity contribution in [1.29, 1.82) is 0 Å². The molecule has 4 nitrogen and oxygen atoms in total. The Morgan fingerprint density at radius 3 is 2.71 bits per heavy atom. The summed E-state index contributed by atoms with van der Waals surface area (Å²) in [5.41, 5.74) is 2.25. The van der Waals surface area contributed by atoms with Crippen molar-refractivity contribution in [3.05, 3.63) is 46.7 Å². The molecule has 0 aliphatic heterocycles. The van der Waals surface area contributed by atoms with Crippen LogP contribution in [0.2, 0.25) is 5.02 Å². The molecule has 0 saturated heterocycles. The van der Waals surface area contributed by atoms with E-state index in [-0.39, 0.29) is 6.03 Å². The van der Waals surface area contributed by atoms with Gasteiger partial charge >= 0.3 is 6.03 Å². The minimum Gasteiger partial charge on any atom is -0.306 e. The highest BCUT2D eigenvalue weighted by Crippen LogP contribution is 2.15. The molecule has 88 valence electrons. The van der Waals surface area contributed by atoms with Gasteiger partial charge in [0, 0.05) is 16.4 Å².